The number of hydrogen-bond donors (Lipinski definition) is 1. The molecular weight excluding hydrogens is 206 g/mol. The number of carbonyl (C=O) groups excluding carboxylic acids is 2. The number of hydrogen-bond acceptors (Lipinski definition) is 4. The van der Waals surface area contributed by atoms with E-state index in [4.69, 9.17) is 0 Å². The summed E-state index contributed by atoms with van der Waals surface area (Å²) in [6.07, 6.45) is 5.78. The molecule has 0 amide bonds. The second kappa shape index (κ2) is 4.95. The monoisotopic (exact) mass is 225 g/mol. The van der Waals surface area contributed by atoms with Crippen LogP contribution >= 0.6 is 0 Å². The lowest BCUT2D eigenvalue weighted by Gasteiger charge is -2.13. The third-order valence-corrected chi connectivity index (χ3v) is 3.74. The molecule has 0 aromatic heterocycles. The van der Waals surface area contributed by atoms with Gasteiger partial charge in [0.2, 0.25) is 0 Å². The van der Waals surface area contributed by atoms with E-state index in [1.165, 1.54) is 20.0 Å². The number of Topliss-reactive ketones (excluding diaryl/α,β-unsaturated/α-hetero) is 1. The van der Waals surface area contributed by atoms with Crippen molar-refractivity contribution >= 4 is 11.8 Å². The summed E-state index contributed by atoms with van der Waals surface area (Å²) >= 11 is 0. The number of nitrogens with one attached hydrogen (secondary N) is 1. The summed E-state index contributed by atoms with van der Waals surface area (Å²) in [6.45, 7) is 0. The van der Waals surface area contributed by atoms with Gasteiger partial charge in [0.05, 0.1) is 19.6 Å². The fraction of sp³-hybridized carbons (Fsp3) is 0.833. The number of rotatable bonds is 2. The van der Waals surface area contributed by atoms with Gasteiger partial charge in [0, 0.05) is 12.0 Å². The normalized spacial score (nSPS) is 34.3. The lowest BCUT2D eigenvalue weighted by atomic mass is 9.93. The van der Waals surface area contributed by atoms with E-state index in [9.17, 15) is 9.59 Å². The fourth-order valence-corrected chi connectivity index (χ4v) is 2.86. The Morgan fingerprint density at radius 1 is 1.38 bits per heavy atom. The van der Waals surface area contributed by atoms with Gasteiger partial charge in [-0.15, -0.1) is 0 Å². The van der Waals surface area contributed by atoms with Gasteiger partial charge >= 0.3 is 5.97 Å². The zero-order valence-corrected chi connectivity index (χ0v) is 9.70. The van der Waals surface area contributed by atoms with E-state index in [0.717, 1.165) is 19.3 Å². The van der Waals surface area contributed by atoms with E-state index in [2.05, 4.69) is 10.1 Å². The van der Waals surface area contributed by atoms with Crippen molar-refractivity contribution in [3.05, 3.63) is 0 Å². The first-order valence-electron chi connectivity index (χ1n) is 6.09. The maximum atomic E-state index is 12.1. The van der Waals surface area contributed by atoms with Gasteiger partial charge in [0.15, 0.2) is 5.78 Å². The topological polar surface area (TPSA) is 55.4 Å². The van der Waals surface area contributed by atoms with Crippen LogP contribution in [0, 0.1) is 5.92 Å². The molecule has 0 bridgehead atoms. The van der Waals surface area contributed by atoms with Crippen molar-refractivity contribution in [1.82, 2.24) is 5.32 Å². The van der Waals surface area contributed by atoms with Crippen molar-refractivity contribution in [2.75, 3.05) is 7.11 Å². The molecule has 90 valence electrons. The molecule has 4 heteroatoms. The Morgan fingerprint density at radius 2 is 2.12 bits per heavy atom. The van der Waals surface area contributed by atoms with Crippen molar-refractivity contribution in [1.29, 1.82) is 0 Å². The highest BCUT2D eigenvalue weighted by atomic mass is 16.5. The molecule has 4 nitrogen and oxygen atoms in total. The van der Waals surface area contributed by atoms with Crippen molar-refractivity contribution < 1.29 is 14.3 Å². The molecule has 1 N–H and O–H groups in total. The van der Waals surface area contributed by atoms with Crippen LogP contribution in [0.15, 0.2) is 0 Å². The number of ketones is 1. The molecule has 1 saturated heterocycles. The molecule has 1 heterocycles. The fourth-order valence-electron chi connectivity index (χ4n) is 2.86. The van der Waals surface area contributed by atoms with Gasteiger partial charge in [-0.2, -0.15) is 0 Å². The predicted octanol–water partition coefficient (Wildman–Crippen LogP) is 1.04. The third-order valence-electron chi connectivity index (χ3n) is 3.74. The molecule has 0 radical (unpaired) electrons. The highest BCUT2D eigenvalue weighted by Gasteiger charge is 2.42. The number of ether oxygens (including phenoxy) is 1. The highest BCUT2D eigenvalue weighted by Crippen LogP contribution is 2.30. The molecule has 2 aliphatic rings. The Hall–Kier alpha value is -0.900. The number of methoxy groups -OCH3 is 1. The smallest absolute Gasteiger partial charge is 0.307 e. The second-order valence-electron chi connectivity index (χ2n) is 4.75. The van der Waals surface area contributed by atoms with Crippen LogP contribution in [0.2, 0.25) is 0 Å². The van der Waals surface area contributed by atoms with Gasteiger partial charge in [-0.05, 0) is 12.8 Å². The van der Waals surface area contributed by atoms with E-state index in [0.29, 0.717) is 6.04 Å². The van der Waals surface area contributed by atoms with Crippen LogP contribution < -0.4 is 5.32 Å². The summed E-state index contributed by atoms with van der Waals surface area (Å²) in [6, 6.07) is -0.00907. The van der Waals surface area contributed by atoms with Gasteiger partial charge in [-0.25, -0.2) is 0 Å². The molecule has 0 spiro atoms. The number of fused-ring (bicyclic) bond motifs is 1. The van der Waals surface area contributed by atoms with E-state index in [1.807, 2.05) is 0 Å². The Balaban J connectivity index is 1.99. The average Bonchev–Trinajstić information content (AvgIpc) is 2.48. The molecule has 1 saturated carbocycles. The summed E-state index contributed by atoms with van der Waals surface area (Å²) < 4.78 is 4.61. The quantitative estimate of drug-likeness (QED) is 0.713. The second-order valence-corrected chi connectivity index (χ2v) is 4.75. The molecule has 3 unspecified atom stereocenters. The number of carbonyl (C=O) groups is 2. The Labute approximate surface area is 95.7 Å². The average molecular weight is 225 g/mol. The minimum absolute atomic E-state index is 0.136. The summed E-state index contributed by atoms with van der Waals surface area (Å²) in [7, 11) is 1.36. The number of esters is 1. The van der Waals surface area contributed by atoms with E-state index in [1.54, 1.807) is 0 Å². The summed E-state index contributed by atoms with van der Waals surface area (Å²) in [4.78, 5) is 23.2. The third kappa shape index (κ3) is 2.26. The summed E-state index contributed by atoms with van der Waals surface area (Å²) in [5, 5.41) is 3.30. The Kier molecular flexibility index (Phi) is 3.59. The molecule has 0 aromatic carbocycles. The maximum Gasteiger partial charge on any atom is 0.307 e. The van der Waals surface area contributed by atoms with Crippen LogP contribution in [0.4, 0.5) is 0 Å². The Morgan fingerprint density at radius 3 is 2.88 bits per heavy atom. The van der Waals surface area contributed by atoms with Gasteiger partial charge in [-0.1, -0.05) is 19.3 Å². The van der Waals surface area contributed by atoms with Gasteiger partial charge < -0.3 is 10.1 Å². The van der Waals surface area contributed by atoms with Crippen molar-refractivity contribution in [2.24, 2.45) is 5.92 Å². The van der Waals surface area contributed by atoms with Crippen LogP contribution in [0.1, 0.15) is 38.5 Å². The summed E-state index contributed by atoms with van der Waals surface area (Å²) in [5.41, 5.74) is 0. The van der Waals surface area contributed by atoms with Crippen LogP contribution in [-0.2, 0) is 14.3 Å². The lowest BCUT2D eigenvalue weighted by molar-refractivity contribution is -0.142. The SMILES string of the molecule is COC(=O)CC1NC2CCCCCC2C1=O. The highest BCUT2D eigenvalue weighted by molar-refractivity contribution is 5.92. The zero-order valence-electron chi connectivity index (χ0n) is 9.70. The standard InChI is InChI=1S/C12H19NO3/c1-16-11(14)7-10-12(15)8-5-3-2-4-6-9(8)13-10/h8-10,13H,2-7H2,1H3. The van der Waals surface area contributed by atoms with Gasteiger partial charge in [-0.3, -0.25) is 9.59 Å². The minimum Gasteiger partial charge on any atom is -0.469 e. The summed E-state index contributed by atoms with van der Waals surface area (Å²) in [5.74, 6) is 0.0526. The van der Waals surface area contributed by atoms with E-state index in [-0.39, 0.29) is 30.1 Å². The van der Waals surface area contributed by atoms with Crippen LogP contribution in [0.5, 0.6) is 0 Å². The largest absolute Gasteiger partial charge is 0.469 e. The molecule has 2 rings (SSSR count). The lowest BCUT2D eigenvalue weighted by Crippen LogP contribution is -2.34. The van der Waals surface area contributed by atoms with Gasteiger partial charge in [0.25, 0.3) is 0 Å². The van der Waals surface area contributed by atoms with Crippen LogP contribution in [0.25, 0.3) is 0 Å². The first kappa shape index (κ1) is 11.6. The molecule has 2 fully saturated rings. The Bertz CT molecular complexity index is 290. The molecule has 1 aliphatic carbocycles. The van der Waals surface area contributed by atoms with Crippen LogP contribution in [-0.4, -0.2) is 30.9 Å². The van der Waals surface area contributed by atoms with Crippen molar-refractivity contribution in [2.45, 2.75) is 50.6 Å². The van der Waals surface area contributed by atoms with Crippen molar-refractivity contribution in [3.63, 3.8) is 0 Å². The predicted molar refractivity (Wildman–Crippen MR) is 58.9 cm³/mol. The molecule has 1 aliphatic heterocycles. The van der Waals surface area contributed by atoms with E-state index >= 15 is 0 Å². The van der Waals surface area contributed by atoms with Gasteiger partial charge in [0.1, 0.15) is 0 Å². The van der Waals surface area contributed by atoms with Crippen molar-refractivity contribution in [3.8, 4) is 0 Å². The minimum atomic E-state index is -0.305. The zero-order chi connectivity index (χ0) is 11.5. The van der Waals surface area contributed by atoms with Crippen LogP contribution in [0.3, 0.4) is 0 Å². The van der Waals surface area contributed by atoms with E-state index < -0.39 is 0 Å². The molecular formula is C12H19NO3. The molecule has 3 atom stereocenters. The molecule has 0 aromatic rings. The first-order valence-corrected chi connectivity index (χ1v) is 6.09. The first-order chi connectivity index (χ1) is 7.72. The maximum absolute atomic E-state index is 12.1. The molecule has 16 heavy (non-hydrogen) atoms.